The molecule has 0 saturated carbocycles. The number of piperidine rings is 1. The molecule has 19 heavy (non-hydrogen) atoms. The summed E-state index contributed by atoms with van der Waals surface area (Å²) in [5, 5.41) is 10.4. The first-order valence-electron chi connectivity index (χ1n) is 6.85. The maximum Gasteiger partial charge on any atom is 0.126 e. The van der Waals surface area contributed by atoms with E-state index in [9.17, 15) is 5.11 Å². The predicted molar refractivity (Wildman–Crippen MR) is 72.7 cm³/mol. The second kappa shape index (κ2) is 4.69. The van der Waals surface area contributed by atoms with Crippen LogP contribution in [0.25, 0.3) is 0 Å². The third kappa shape index (κ3) is 2.30. The number of methoxy groups -OCH3 is 1. The Labute approximate surface area is 113 Å². The Hall–Kier alpha value is -1.26. The standard InChI is InChI=1S/C15H21NO3/c1-16-7-3-6-15(10-16)9-13(17)12-8-11(18-2)4-5-14(12)19-15/h4-5,8,13,17H,3,6-7,9-10H2,1-2H3/t13-,15?/m1/s1. The van der Waals surface area contributed by atoms with E-state index < -0.39 is 6.10 Å². The van der Waals surface area contributed by atoms with Crippen LogP contribution < -0.4 is 9.47 Å². The predicted octanol–water partition coefficient (Wildman–Crippen LogP) is 1.98. The number of fused-ring (bicyclic) bond motifs is 1. The monoisotopic (exact) mass is 263 g/mol. The quantitative estimate of drug-likeness (QED) is 0.841. The Balaban J connectivity index is 1.91. The number of likely N-dealkylation sites (tertiary alicyclic amines) is 1. The molecule has 1 unspecified atom stereocenters. The molecule has 2 aliphatic rings. The third-order valence-corrected chi connectivity index (χ3v) is 4.20. The molecule has 1 spiro atoms. The van der Waals surface area contributed by atoms with Gasteiger partial charge < -0.3 is 19.5 Å². The maximum absolute atomic E-state index is 10.4. The average molecular weight is 263 g/mol. The zero-order valence-corrected chi connectivity index (χ0v) is 11.6. The minimum absolute atomic E-state index is 0.228. The molecule has 2 heterocycles. The Morgan fingerprint density at radius 3 is 3.05 bits per heavy atom. The molecule has 1 aromatic carbocycles. The van der Waals surface area contributed by atoms with Crippen molar-refractivity contribution in [3.8, 4) is 11.5 Å². The van der Waals surface area contributed by atoms with Gasteiger partial charge in [0.15, 0.2) is 0 Å². The van der Waals surface area contributed by atoms with E-state index in [1.54, 1.807) is 7.11 Å². The Morgan fingerprint density at radius 1 is 1.47 bits per heavy atom. The lowest BCUT2D eigenvalue weighted by atomic mass is 9.83. The van der Waals surface area contributed by atoms with Crippen molar-refractivity contribution in [2.75, 3.05) is 27.2 Å². The number of rotatable bonds is 1. The Morgan fingerprint density at radius 2 is 2.32 bits per heavy atom. The molecule has 0 amide bonds. The molecular formula is C15H21NO3. The molecular weight excluding hydrogens is 242 g/mol. The molecule has 1 saturated heterocycles. The minimum Gasteiger partial charge on any atom is -0.497 e. The highest BCUT2D eigenvalue weighted by molar-refractivity contribution is 5.43. The van der Waals surface area contributed by atoms with Crippen molar-refractivity contribution in [3.05, 3.63) is 23.8 Å². The summed E-state index contributed by atoms with van der Waals surface area (Å²) in [4.78, 5) is 2.28. The van der Waals surface area contributed by atoms with Gasteiger partial charge in [0.2, 0.25) is 0 Å². The molecule has 0 bridgehead atoms. The first kappa shape index (κ1) is 12.8. The van der Waals surface area contributed by atoms with Crippen molar-refractivity contribution < 1.29 is 14.6 Å². The average Bonchev–Trinajstić information content (AvgIpc) is 2.38. The maximum atomic E-state index is 10.4. The first-order valence-corrected chi connectivity index (χ1v) is 6.85. The van der Waals surface area contributed by atoms with Gasteiger partial charge >= 0.3 is 0 Å². The molecule has 1 fully saturated rings. The minimum atomic E-state index is -0.467. The molecule has 3 rings (SSSR count). The lowest BCUT2D eigenvalue weighted by Crippen LogP contribution is -2.52. The number of aliphatic hydroxyl groups excluding tert-OH is 1. The van der Waals surface area contributed by atoms with Gasteiger partial charge in [0, 0.05) is 18.5 Å². The van der Waals surface area contributed by atoms with Crippen molar-refractivity contribution in [2.24, 2.45) is 0 Å². The topological polar surface area (TPSA) is 41.9 Å². The van der Waals surface area contributed by atoms with Gasteiger partial charge in [0.05, 0.1) is 13.2 Å². The summed E-state index contributed by atoms with van der Waals surface area (Å²) in [7, 11) is 3.75. The van der Waals surface area contributed by atoms with Crippen LogP contribution in [0.4, 0.5) is 0 Å². The van der Waals surface area contributed by atoms with Crippen molar-refractivity contribution in [3.63, 3.8) is 0 Å². The fraction of sp³-hybridized carbons (Fsp3) is 0.600. The van der Waals surface area contributed by atoms with Crippen LogP contribution in [-0.2, 0) is 0 Å². The lowest BCUT2D eigenvalue weighted by molar-refractivity contribution is -0.0555. The van der Waals surface area contributed by atoms with Crippen molar-refractivity contribution in [2.45, 2.75) is 31.0 Å². The van der Waals surface area contributed by atoms with Crippen molar-refractivity contribution >= 4 is 0 Å². The molecule has 1 aromatic rings. The van der Waals surface area contributed by atoms with Crippen LogP contribution in [0.3, 0.4) is 0 Å². The molecule has 2 aliphatic heterocycles. The van der Waals surface area contributed by atoms with E-state index in [1.165, 1.54) is 0 Å². The Kier molecular flexibility index (Phi) is 3.15. The van der Waals surface area contributed by atoms with Crippen molar-refractivity contribution in [1.29, 1.82) is 0 Å². The summed E-state index contributed by atoms with van der Waals surface area (Å²) in [6.07, 6.45) is 2.33. The van der Waals surface area contributed by atoms with E-state index >= 15 is 0 Å². The number of nitrogens with zero attached hydrogens (tertiary/aromatic N) is 1. The molecule has 0 aliphatic carbocycles. The second-order valence-corrected chi connectivity index (χ2v) is 5.75. The van der Waals surface area contributed by atoms with Crippen LogP contribution in [0.5, 0.6) is 11.5 Å². The molecule has 0 radical (unpaired) electrons. The summed E-state index contributed by atoms with van der Waals surface area (Å²) < 4.78 is 11.5. The van der Waals surface area contributed by atoms with Gasteiger partial charge in [0.1, 0.15) is 17.1 Å². The second-order valence-electron chi connectivity index (χ2n) is 5.75. The van der Waals surface area contributed by atoms with Crippen LogP contribution in [0, 0.1) is 0 Å². The highest BCUT2D eigenvalue weighted by atomic mass is 16.5. The zero-order chi connectivity index (χ0) is 13.5. The fourth-order valence-electron chi connectivity index (χ4n) is 3.32. The summed E-state index contributed by atoms with van der Waals surface area (Å²) in [6.45, 7) is 1.99. The van der Waals surface area contributed by atoms with Gasteiger partial charge in [-0.3, -0.25) is 0 Å². The number of benzene rings is 1. The molecule has 4 nitrogen and oxygen atoms in total. The van der Waals surface area contributed by atoms with Gasteiger partial charge in [-0.1, -0.05) is 0 Å². The van der Waals surface area contributed by atoms with Crippen LogP contribution >= 0.6 is 0 Å². The van der Waals surface area contributed by atoms with Crippen molar-refractivity contribution in [1.82, 2.24) is 4.90 Å². The third-order valence-electron chi connectivity index (χ3n) is 4.20. The summed E-state index contributed by atoms with van der Waals surface area (Å²) in [5.41, 5.74) is 0.617. The van der Waals surface area contributed by atoms with Crippen LogP contribution in [0.15, 0.2) is 18.2 Å². The number of aliphatic hydroxyl groups is 1. The number of ether oxygens (including phenoxy) is 2. The molecule has 1 N–H and O–H groups in total. The molecule has 2 atom stereocenters. The van der Waals surface area contributed by atoms with E-state index in [2.05, 4.69) is 11.9 Å². The van der Waals surface area contributed by atoms with E-state index in [-0.39, 0.29) is 5.60 Å². The van der Waals surface area contributed by atoms with Gasteiger partial charge in [-0.25, -0.2) is 0 Å². The summed E-state index contributed by atoms with van der Waals surface area (Å²) in [5.74, 6) is 1.56. The van der Waals surface area contributed by atoms with E-state index in [0.29, 0.717) is 6.42 Å². The summed E-state index contributed by atoms with van der Waals surface area (Å²) >= 11 is 0. The number of hydrogen-bond donors (Lipinski definition) is 1. The lowest BCUT2D eigenvalue weighted by Gasteiger charge is -2.45. The Bertz CT molecular complexity index is 476. The highest BCUT2D eigenvalue weighted by Crippen LogP contribution is 2.44. The van der Waals surface area contributed by atoms with Gasteiger partial charge in [-0.2, -0.15) is 0 Å². The fourth-order valence-corrected chi connectivity index (χ4v) is 3.32. The normalized spacial score (nSPS) is 30.8. The largest absolute Gasteiger partial charge is 0.497 e. The smallest absolute Gasteiger partial charge is 0.126 e. The highest BCUT2D eigenvalue weighted by Gasteiger charge is 2.42. The van der Waals surface area contributed by atoms with Gasteiger partial charge in [0.25, 0.3) is 0 Å². The molecule has 0 aromatic heterocycles. The van der Waals surface area contributed by atoms with E-state index in [1.807, 2.05) is 18.2 Å². The van der Waals surface area contributed by atoms with Gasteiger partial charge in [-0.05, 0) is 44.6 Å². The van der Waals surface area contributed by atoms with E-state index in [4.69, 9.17) is 9.47 Å². The van der Waals surface area contributed by atoms with Crippen LogP contribution in [-0.4, -0.2) is 42.9 Å². The van der Waals surface area contributed by atoms with Crippen LogP contribution in [0.2, 0.25) is 0 Å². The number of hydrogen-bond acceptors (Lipinski definition) is 4. The summed E-state index contributed by atoms with van der Waals surface area (Å²) in [6, 6.07) is 5.67. The zero-order valence-electron chi connectivity index (χ0n) is 11.6. The number of likely N-dealkylation sites (N-methyl/N-ethyl adjacent to an activating group) is 1. The van der Waals surface area contributed by atoms with Gasteiger partial charge in [-0.15, -0.1) is 0 Å². The SMILES string of the molecule is COc1ccc2c(c1)[C@H](O)CC1(CCCN(C)C1)O2. The molecule has 4 heteroatoms. The van der Waals surface area contributed by atoms with E-state index in [0.717, 1.165) is 43.0 Å². The first-order chi connectivity index (χ1) is 9.12. The van der Waals surface area contributed by atoms with Crippen LogP contribution in [0.1, 0.15) is 30.9 Å². The molecule has 104 valence electrons.